The molecule has 12 heavy (non-hydrogen) atoms. The highest BCUT2D eigenvalue weighted by atomic mass is 32.1. The molecule has 0 saturated heterocycles. The third-order valence-electron chi connectivity index (χ3n) is 1.58. The average Bonchev–Trinajstić information content (AvgIpc) is 2.45. The summed E-state index contributed by atoms with van der Waals surface area (Å²) in [5.41, 5.74) is 1.10. The van der Waals surface area contributed by atoms with Crippen molar-refractivity contribution in [1.82, 2.24) is 0 Å². The van der Waals surface area contributed by atoms with E-state index >= 15 is 0 Å². The van der Waals surface area contributed by atoms with E-state index < -0.39 is 0 Å². The van der Waals surface area contributed by atoms with Crippen molar-refractivity contribution in [3.05, 3.63) is 21.4 Å². The smallest absolute Gasteiger partial charge is 0.348 e. The normalized spacial score (nSPS) is 9.92. The molecule has 1 heterocycles. The first-order valence-electron chi connectivity index (χ1n) is 3.47. The molecule has 0 aliphatic heterocycles. The van der Waals surface area contributed by atoms with Gasteiger partial charge in [-0.25, -0.2) is 4.79 Å². The van der Waals surface area contributed by atoms with Crippen LogP contribution in [0.1, 0.15) is 20.1 Å². The van der Waals surface area contributed by atoms with Crippen LogP contribution in [0.5, 0.6) is 0 Å². The predicted octanol–water partition coefficient (Wildman–Crippen LogP) is 2.27. The number of ether oxygens (including phenoxy) is 1. The van der Waals surface area contributed by atoms with Crippen molar-refractivity contribution in [2.24, 2.45) is 0 Å². The highest BCUT2D eigenvalue weighted by Gasteiger charge is 2.10. The Kier molecular flexibility index (Phi) is 3.17. The molecule has 0 atom stereocenters. The fourth-order valence-electron chi connectivity index (χ4n) is 0.878. The van der Waals surface area contributed by atoms with Gasteiger partial charge in [0.05, 0.1) is 7.11 Å². The van der Waals surface area contributed by atoms with E-state index in [9.17, 15) is 4.79 Å². The monoisotopic (exact) mass is 202 g/mol. The summed E-state index contributed by atoms with van der Waals surface area (Å²) in [5.74, 6) is 0.399. The molecule has 0 fully saturated rings. The Hall–Kier alpha value is -0.480. The van der Waals surface area contributed by atoms with Crippen molar-refractivity contribution in [2.45, 2.75) is 12.7 Å². The molecule has 0 N–H and O–H groups in total. The lowest BCUT2D eigenvalue weighted by Gasteiger charge is -1.91. The third-order valence-corrected chi connectivity index (χ3v) is 2.99. The summed E-state index contributed by atoms with van der Waals surface area (Å²) in [6.45, 7) is 1.97. The van der Waals surface area contributed by atoms with Crippen LogP contribution < -0.4 is 0 Å². The molecule has 0 saturated carbocycles. The number of methoxy groups -OCH3 is 1. The number of esters is 1. The van der Waals surface area contributed by atoms with Crippen molar-refractivity contribution in [3.8, 4) is 0 Å². The Morgan fingerprint density at radius 3 is 2.83 bits per heavy atom. The molecule has 0 aliphatic carbocycles. The van der Waals surface area contributed by atoms with E-state index in [0.29, 0.717) is 10.6 Å². The van der Waals surface area contributed by atoms with E-state index in [-0.39, 0.29) is 5.97 Å². The molecule has 1 rings (SSSR count). The molecule has 2 nitrogen and oxygen atoms in total. The second-order valence-corrected chi connectivity index (χ2v) is 3.91. The molecule has 0 unspecified atom stereocenters. The maximum atomic E-state index is 11.1. The molecule has 0 aliphatic rings. The molecule has 1 aromatic heterocycles. The molecule has 0 amide bonds. The van der Waals surface area contributed by atoms with Crippen molar-refractivity contribution >= 4 is 29.9 Å². The number of carbonyl (C=O) groups is 1. The number of hydrogen-bond acceptors (Lipinski definition) is 4. The van der Waals surface area contributed by atoms with Crippen LogP contribution in [0.15, 0.2) is 6.07 Å². The molecular formula is C8H10O2S2. The molecule has 4 heteroatoms. The lowest BCUT2D eigenvalue weighted by atomic mass is 10.3. The van der Waals surface area contributed by atoms with Crippen LogP contribution in [0.3, 0.4) is 0 Å². The summed E-state index contributed by atoms with van der Waals surface area (Å²) in [4.78, 5) is 12.8. The van der Waals surface area contributed by atoms with Gasteiger partial charge in [0.1, 0.15) is 4.88 Å². The second kappa shape index (κ2) is 3.96. The number of carbonyl (C=O) groups excluding carboxylic acids is 1. The summed E-state index contributed by atoms with van der Waals surface area (Å²) in [7, 11) is 1.39. The fourth-order valence-corrected chi connectivity index (χ4v) is 2.27. The molecule has 0 aromatic carbocycles. The van der Waals surface area contributed by atoms with Gasteiger partial charge in [-0.15, -0.1) is 11.3 Å². The van der Waals surface area contributed by atoms with Crippen LogP contribution in [0.4, 0.5) is 0 Å². The first-order chi connectivity index (χ1) is 5.69. The van der Waals surface area contributed by atoms with E-state index in [0.717, 1.165) is 10.4 Å². The fraction of sp³-hybridized carbons (Fsp3) is 0.375. The van der Waals surface area contributed by atoms with Gasteiger partial charge in [0.2, 0.25) is 0 Å². The Bertz CT molecular complexity index is 291. The topological polar surface area (TPSA) is 26.3 Å². The number of rotatable bonds is 2. The predicted molar refractivity (Wildman–Crippen MR) is 53.1 cm³/mol. The summed E-state index contributed by atoms with van der Waals surface area (Å²) in [5, 5.41) is 0. The second-order valence-electron chi connectivity index (χ2n) is 2.34. The van der Waals surface area contributed by atoms with Gasteiger partial charge < -0.3 is 4.74 Å². The van der Waals surface area contributed by atoms with Crippen molar-refractivity contribution in [2.75, 3.05) is 7.11 Å². The van der Waals surface area contributed by atoms with Crippen LogP contribution in [-0.2, 0) is 10.5 Å². The number of thiol groups is 1. The third kappa shape index (κ3) is 1.81. The summed E-state index contributed by atoms with van der Waals surface area (Å²) >= 11 is 5.59. The number of aryl methyl sites for hydroxylation is 1. The first-order valence-corrected chi connectivity index (χ1v) is 4.92. The summed E-state index contributed by atoms with van der Waals surface area (Å²) < 4.78 is 4.60. The maximum Gasteiger partial charge on any atom is 0.348 e. The van der Waals surface area contributed by atoms with E-state index in [1.807, 2.05) is 13.0 Å². The molecule has 1 aromatic rings. The van der Waals surface area contributed by atoms with Crippen LogP contribution in [0.25, 0.3) is 0 Å². The minimum atomic E-state index is -0.267. The summed E-state index contributed by atoms with van der Waals surface area (Å²) in [6, 6.07) is 1.83. The zero-order chi connectivity index (χ0) is 9.14. The Balaban J connectivity index is 2.96. The molecule has 0 spiro atoms. The Labute approximate surface area is 81.0 Å². The largest absolute Gasteiger partial charge is 0.465 e. The van der Waals surface area contributed by atoms with E-state index in [4.69, 9.17) is 0 Å². The minimum absolute atomic E-state index is 0.267. The highest BCUT2D eigenvalue weighted by molar-refractivity contribution is 7.79. The van der Waals surface area contributed by atoms with Gasteiger partial charge in [0.25, 0.3) is 0 Å². The maximum absolute atomic E-state index is 11.1. The van der Waals surface area contributed by atoms with Gasteiger partial charge in [0.15, 0.2) is 0 Å². The summed E-state index contributed by atoms with van der Waals surface area (Å²) in [6.07, 6.45) is 0. The van der Waals surface area contributed by atoms with Crippen molar-refractivity contribution in [1.29, 1.82) is 0 Å². The van der Waals surface area contributed by atoms with Crippen LogP contribution in [0, 0.1) is 6.92 Å². The van der Waals surface area contributed by atoms with Crippen LogP contribution in [-0.4, -0.2) is 13.1 Å². The number of thiophene rings is 1. The van der Waals surface area contributed by atoms with Gasteiger partial charge in [-0.2, -0.15) is 12.6 Å². The van der Waals surface area contributed by atoms with Crippen LogP contribution in [0.2, 0.25) is 0 Å². The highest BCUT2D eigenvalue weighted by Crippen LogP contribution is 2.23. The van der Waals surface area contributed by atoms with Gasteiger partial charge in [-0.3, -0.25) is 0 Å². The molecule has 0 radical (unpaired) electrons. The van der Waals surface area contributed by atoms with Gasteiger partial charge >= 0.3 is 5.97 Å². The average molecular weight is 202 g/mol. The van der Waals surface area contributed by atoms with Gasteiger partial charge in [-0.1, -0.05) is 0 Å². The van der Waals surface area contributed by atoms with Crippen molar-refractivity contribution in [3.63, 3.8) is 0 Å². The van der Waals surface area contributed by atoms with Gasteiger partial charge in [-0.05, 0) is 18.6 Å². The SMILES string of the molecule is COC(=O)c1cc(CS)c(C)s1. The lowest BCUT2D eigenvalue weighted by Crippen LogP contribution is -1.96. The molecule has 66 valence electrons. The van der Waals surface area contributed by atoms with Gasteiger partial charge in [0, 0.05) is 10.6 Å². The van der Waals surface area contributed by atoms with Crippen molar-refractivity contribution < 1.29 is 9.53 Å². The quantitative estimate of drug-likeness (QED) is 0.588. The lowest BCUT2D eigenvalue weighted by molar-refractivity contribution is 0.0606. The molecule has 0 bridgehead atoms. The van der Waals surface area contributed by atoms with E-state index in [2.05, 4.69) is 17.4 Å². The molecular weight excluding hydrogens is 192 g/mol. The Morgan fingerprint density at radius 1 is 1.75 bits per heavy atom. The zero-order valence-electron chi connectivity index (χ0n) is 6.96. The Morgan fingerprint density at radius 2 is 2.42 bits per heavy atom. The van der Waals surface area contributed by atoms with E-state index in [1.54, 1.807) is 0 Å². The zero-order valence-corrected chi connectivity index (χ0v) is 8.67. The van der Waals surface area contributed by atoms with Crippen LogP contribution >= 0.6 is 24.0 Å². The first kappa shape index (κ1) is 9.61. The standard InChI is InChI=1S/C8H10O2S2/c1-5-6(4-11)3-7(12-5)8(9)10-2/h3,11H,4H2,1-2H3. The minimum Gasteiger partial charge on any atom is -0.465 e. The van der Waals surface area contributed by atoms with E-state index in [1.165, 1.54) is 18.4 Å². The number of hydrogen-bond donors (Lipinski definition) is 1.